The van der Waals surface area contributed by atoms with Crippen molar-refractivity contribution in [2.75, 3.05) is 19.6 Å². The number of aromatic nitrogens is 2. The molecule has 0 aliphatic carbocycles. The molecule has 1 fully saturated rings. The lowest BCUT2D eigenvalue weighted by Gasteiger charge is -2.35. The summed E-state index contributed by atoms with van der Waals surface area (Å²) in [5.74, 6) is 0. The van der Waals surface area contributed by atoms with Crippen LogP contribution in [0.15, 0.2) is 42.9 Å². The van der Waals surface area contributed by atoms with Gasteiger partial charge in [-0.3, -0.25) is 4.90 Å². The highest BCUT2D eigenvalue weighted by Crippen LogP contribution is 2.15. The largest absolute Gasteiger partial charge is 0.334 e. The number of hydrogen-bond acceptors (Lipinski definition) is 3. The second-order valence-electron chi connectivity index (χ2n) is 7.01. The Hall–Kier alpha value is -2.34. The van der Waals surface area contributed by atoms with Crippen LogP contribution in [0, 0.1) is 0 Å². The molecule has 0 radical (unpaired) electrons. The first kappa shape index (κ1) is 16.1. The third-order valence-corrected chi connectivity index (χ3v) is 5.13. The van der Waals surface area contributed by atoms with E-state index in [-0.39, 0.29) is 12.1 Å². The molecule has 1 aromatic carbocycles. The van der Waals surface area contributed by atoms with E-state index in [1.165, 1.54) is 5.56 Å². The van der Waals surface area contributed by atoms with Crippen molar-refractivity contribution in [3.8, 4) is 0 Å². The molecule has 1 unspecified atom stereocenters. The number of carbonyl (C=O) groups excluding carboxylic acids is 1. The summed E-state index contributed by atoms with van der Waals surface area (Å²) >= 11 is 0. The monoisotopic (exact) mass is 339 g/mol. The summed E-state index contributed by atoms with van der Waals surface area (Å²) in [5, 5.41) is 3.24. The van der Waals surface area contributed by atoms with Gasteiger partial charge in [0, 0.05) is 38.4 Å². The second kappa shape index (κ2) is 7.27. The van der Waals surface area contributed by atoms with E-state index in [1.54, 1.807) is 0 Å². The predicted octanol–water partition coefficient (Wildman–Crippen LogP) is 2.07. The first-order valence-electron chi connectivity index (χ1n) is 9.08. The number of nitrogens with zero attached hydrogens (tertiary/aromatic N) is 4. The Morgan fingerprint density at radius 1 is 1.20 bits per heavy atom. The summed E-state index contributed by atoms with van der Waals surface area (Å²) in [6, 6.07) is 10.8. The number of rotatable bonds is 3. The number of hydrogen-bond donors (Lipinski definition) is 1. The zero-order valence-electron chi connectivity index (χ0n) is 14.5. The van der Waals surface area contributed by atoms with Gasteiger partial charge in [0.1, 0.15) is 0 Å². The van der Waals surface area contributed by atoms with E-state index in [4.69, 9.17) is 0 Å². The number of piperidine rings is 1. The third kappa shape index (κ3) is 3.85. The lowest BCUT2D eigenvalue weighted by atomic mass is 10.0. The first-order valence-corrected chi connectivity index (χ1v) is 9.08. The molecule has 25 heavy (non-hydrogen) atoms. The summed E-state index contributed by atoms with van der Waals surface area (Å²) in [4.78, 5) is 21.1. The quantitative estimate of drug-likeness (QED) is 0.931. The van der Waals surface area contributed by atoms with Crippen molar-refractivity contribution in [3.63, 3.8) is 0 Å². The van der Waals surface area contributed by atoms with Gasteiger partial charge in [0.25, 0.3) is 0 Å². The summed E-state index contributed by atoms with van der Waals surface area (Å²) in [6.45, 7) is 5.20. The minimum Gasteiger partial charge on any atom is -0.334 e. The SMILES string of the molecule is O=C(NC1CCCN(Cc2ccccc2)C1)N1CCn2cncc2C1. The average Bonchev–Trinajstić information content (AvgIpc) is 3.10. The van der Waals surface area contributed by atoms with Crippen molar-refractivity contribution >= 4 is 6.03 Å². The van der Waals surface area contributed by atoms with E-state index in [9.17, 15) is 4.79 Å². The second-order valence-corrected chi connectivity index (χ2v) is 7.01. The molecule has 2 aliphatic rings. The van der Waals surface area contributed by atoms with Gasteiger partial charge in [-0.2, -0.15) is 0 Å². The molecule has 1 atom stereocenters. The van der Waals surface area contributed by atoms with Gasteiger partial charge in [0.05, 0.1) is 18.6 Å². The van der Waals surface area contributed by atoms with Crippen molar-refractivity contribution in [1.82, 2.24) is 24.7 Å². The Bertz CT molecular complexity index is 714. The molecule has 0 bridgehead atoms. The van der Waals surface area contributed by atoms with Crippen LogP contribution >= 0.6 is 0 Å². The van der Waals surface area contributed by atoms with Gasteiger partial charge < -0.3 is 14.8 Å². The third-order valence-electron chi connectivity index (χ3n) is 5.13. The molecule has 6 nitrogen and oxygen atoms in total. The fourth-order valence-corrected chi connectivity index (χ4v) is 3.78. The number of fused-ring (bicyclic) bond motifs is 1. The van der Waals surface area contributed by atoms with Gasteiger partial charge in [-0.15, -0.1) is 0 Å². The molecule has 4 rings (SSSR count). The number of likely N-dealkylation sites (tertiary alicyclic amines) is 1. The minimum atomic E-state index is 0.0546. The number of carbonyl (C=O) groups is 1. The van der Waals surface area contributed by atoms with Crippen LogP contribution in [0.1, 0.15) is 24.1 Å². The van der Waals surface area contributed by atoms with E-state index in [1.807, 2.05) is 23.5 Å². The van der Waals surface area contributed by atoms with E-state index in [0.29, 0.717) is 6.54 Å². The van der Waals surface area contributed by atoms with Crippen molar-refractivity contribution in [1.29, 1.82) is 0 Å². The van der Waals surface area contributed by atoms with Crippen LogP contribution < -0.4 is 5.32 Å². The van der Waals surface area contributed by atoms with Gasteiger partial charge in [0.15, 0.2) is 0 Å². The average molecular weight is 339 g/mol. The van der Waals surface area contributed by atoms with E-state index < -0.39 is 0 Å². The van der Waals surface area contributed by atoms with Crippen molar-refractivity contribution in [2.24, 2.45) is 0 Å². The molecular weight excluding hydrogens is 314 g/mol. The Balaban J connectivity index is 1.31. The highest BCUT2D eigenvalue weighted by Gasteiger charge is 2.25. The van der Waals surface area contributed by atoms with Crippen LogP contribution in [0.4, 0.5) is 4.79 Å². The van der Waals surface area contributed by atoms with Crippen molar-refractivity contribution in [3.05, 3.63) is 54.1 Å². The highest BCUT2D eigenvalue weighted by atomic mass is 16.2. The fraction of sp³-hybridized carbons (Fsp3) is 0.474. The summed E-state index contributed by atoms with van der Waals surface area (Å²) in [5.41, 5.74) is 2.44. The maximum Gasteiger partial charge on any atom is 0.318 e. The van der Waals surface area contributed by atoms with Gasteiger partial charge in [-0.1, -0.05) is 30.3 Å². The van der Waals surface area contributed by atoms with Gasteiger partial charge in [-0.25, -0.2) is 9.78 Å². The van der Waals surface area contributed by atoms with Crippen LogP contribution in [-0.4, -0.2) is 51.1 Å². The number of amides is 2. The lowest BCUT2D eigenvalue weighted by Crippen LogP contribution is -2.52. The first-order chi connectivity index (χ1) is 12.3. The maximum absolute atomic E-state index is 12.6. The summed E-state index contributed by atoms with van der Waals surface area (Å²) in [6.07, 6.45) is 5.88. The number of nitrogens with one attached hydrogen (secondary N) is 1. The molecule has 6 heteroatoms. The number of benzene rings is 1. The predicted molar refractivity (Wildman–Crippen MR) is 95.9 cm³/mol. The van der Waals surface area contributed by atoms with E-state index >= 15 is 0 Å². The molecule has 1 saturated heterocycles. The topological polar surface area (TPSA) is 53.4 Å². The van der Waals surface area contributed by atoms with Crippen molar-refractivity contribution in [2.45, 2.75) is 38.5 Å². The maximum atomic E-state index is 12.6. The molecular formula is C19H25N5O. The molecule has 132 valence electrons. The minimum absolute atomic E-state index is 0.0546. The molecule has 1 N–H and O–H groups in total. The summed E-state index contributed by atoms with van der Waals surface area (Å²) in [7, 11) is 0. The molecule has 1 aromatic heterocycles. The van der Waals surface area contributed by atoms with Crippen LogP contribution in [-0.2, 0) is 19.6 Å². The van der Waals surface area contributed by atoms with E-state index in [2.05, 4.69) is 44.0 Å². The Kier molecular flexibility index (Phi) is 4.70. The molecule has 2 aliphatic heterocycles. The number of imidazole rings is 1. The Labute approximate surface area is 148 Å². The smallest absolute Gasteiger partial charge is 0.318 e. The van der Waals surface area contributed by atoms with Gasteiger partial charge in [-0.05, 0) is 24.9 Å². The number of urea groups is 1. The zero-order chi connectivity index (χ0) is 17.1. The van der Waals surface area contributed by atoms with Crippen LogP contribution in [0.2, 0.25) is 0 Å². The van der Waals surface area contributed by atoms with Crippen molar-refractivity contribution < 1.29 is 4.79 Å². The van der Waals surface area contributed by atoms with Gasteiger partial charge >= 0.3 is 6.03 Å². The molecule has 2 aromatic rings. The standard InChI is InChI=1S/C19H25N5O/c25-19(23-9-10-24-15-20-11-18(24)14-23)21-17-7-4-8-22(13-17)12-16-5-2-1-3-6-16/h1-3,5-6,11,15,17H,4,7-10,12-14H2,(H,21,25). The molecule has 0 saturated carbocycles. The lowest BCUT2D eigenvalue weighted by molar-refractivity contribution is 0.156. The van der Waals surface area contributed by atoms with Crippen LogP contribution in [0.25, 0.3) is 0 Å². The van der Waals surface area contributed by atoms with Crippen LogP contribution in [0.5, 0.6) is 0 Å². The zero-order valence-corrected chi connectivity index (χ0v) is 14.5. The highest BCUT2D eigenvalue weighted by molar-refractivity contribution is 5.74. The van der Waals surface area contributed by atoms with E-state index in [0.717, 1.165) is 51.3 Å². The normalized spacial score (nSPS) is 21.0. The molecule has 0 spiro atoms. The Morgan fingerprint density at radius 3 is 2.96 bits per heavy atom. The molecule has 2 amide bonds. The van der Waals surface area contributed by atoms with Crippen LogP contribution in [0.3, 0.4) is 0 Å². The Morgan fingerprint density at radius 2 is 2.08 bits per heavy atom. The van der Waals surface area contributed by atoms with Gasteiger partial charge in [0.2, 0.25) is 0 Å². The molecule has 3 heterocycles. The fourth-order valence-electron chi connectivity index (χ4n) is 3.78. The summed E-state index contributed by atoms with van der Waals surface area (Å²) < 4.78 is 2.12.